The van der Waals surface area contributed by atoms with Gasteiger partial charge in [-0.25, -0.2) is 4.79 Å². The quantitative estimate of drug-likeness (QED) is 0.0698. The van der Waals surface area contributed by atoms with Crippen LogP contribution in [0.3, 0.4) is 0 Å². The molecule has 0 radical (unpaired) electrons. The van der Waals surface area contributed by atoms with Crippen molar-refractivity contribution in [2.75, 3.05) is 13.2 Å². The highest BCUT2D eigenvalue weighted by Gasteiger charge is 2.62. The predicted octanol–water partition coefficient (Wildman–Crippen LogP) is -0.452. The first kappa shape index (κ1) is 51.6. The number of carbonyl (C=O) groups excluding carboxylic acids is 7. The van der Waals surface area contributed by atoms with Crippen molar-refractivity contribution in [3.8, 4) is 5.75 Å². The van der Waals surface area contributed by atoms with Gasteiger partial charge in [0.05, 0.1) is 24.6 Å². The SMILES string of the molecule is C[C@H](O)C(NC(=O)[C@H]1NC(=O)C(CO)NC(=O)[C@H]2NC(=O)[C@H](CC(N)=O)NC(=O)[C@@H](C)Cc3c[nH]c4c(cccc34)O[C@@H]2c2c[nH]c3cc(ccc23)C12CC2CCN)C(=O)N[C@@H](Cc1c[nH]c2ccccc12)C(=O)O. The number of nitrogens with two attached hydrogens (primary N) is 2. The summed E-state index contributed by atoms with van der Waals surface area (Å²) in [7, 11) is 0. The number of primary amides is 1. The van der Waals surface area contributed by atoms with E-state index in [1.54, 1.807) is 68.0 Å². The number of aromatic amines is 3. The molecule has 75 heavy (non-hydrogen) atoms. The van der Waals surface area contributed by atoms with Crippen LogP contribution < -0.4 is 48.1 Å². The number of ether oxygens (including phenoxy) is 1. The van der Waals surface area contributed by atoms with E-state index in [1.165, 1.54) is 6.92 Å². The topological polar surface area (TPSA) is 378 Å². The molecular formula is C52H59N11O12. The molecule has 11 atom stereocenters. The summed E-state index contributed by atoms with van der Waals surface area (Å²) in [5.41, 5.74) is 14.4. The number of rotatable bonds is 13. The number of aliphatic carboxylic acids is 1. The van der Waals surface area contributed by atoms with E-state index < -0.39 is 120 Å². The van der Waals surface area contributed by atoms with Crippen molar-refractivity contribution in [2.24, 2.45) is 23.3 Å². The third-order valence-electron chi connectivity index (χ3n) is 14.8. The van der Waals surface area contributed by atoms with E-state index in [0.29, 0.717) is 44.9 Å². The van der Waals surface area contributed by atoms with Crippen LogP contribution in [-0.4, -0.2) is 133 Å². The first-order chi connectivity index (χ1) is 35.9. The van der Waals surface area contributed by atoms with Gasteiger partial charge in [0, 0.05) is 69.1 Å². The summed E-state index contributed by atoms with van der Waals surface area (Å²) >= 11 is 0. The molecule has 3 aromatic carbocycles. The highest BCUT2D eigenvalue weighted by atomic mass is 16.5. The lowest BCUT2D eigenvalue weighted by molar-refractivity contribution is -0.143. The van der Waals surface area contributed by atoms with E-state index in [1.807, 2.05) is 18.2 Å². The fraction of sp³-hybridized carbons (Fsp3) is 0.385. The minimum absolute atomic E-state index is 0.156. The highest BCUT2D eigenvalue weighted by Crippen LogP contribution is 2.59. The van der Waals surface area contributed by atoms with Gasteiger partial charge < -0.3 is 78.4 Å². The molecule has 7 amide bonds. The van der Waals surface area contributed by atoms with Gasteiger partial charge in [-0.15, -0.1) is 0 Å². The molecule has 1 saturated carbocycles. The van der Waals surface area contributed by atoms with Crippen LogP contribution in [0.5, 0.6) is 5.75 Å². The molecule has 23 nitrogen and oxygen atoms in total. The Labute approximate surface area is 427 Å². The smallest absolute Gasteiger partial charge is 0.326 e. The number of nitrogens with one attached hydrogen (secondary N) is 9. The van der Waals surface area contributed by atoms with Crippen LogP contribution >= 0.6 is 0 Å². The van der Waals surface area contributed by atoms with Crippen LogP contribution in [0.2, 0.25) is 0 Å². The zero-order chi connectivity index (χ0) is 53.5. The summed E-state index contributed by atoms with van der Waals surface area (Å²) in [5.74, 6) is -8.91. The van der Waals surface area contributed by atoms with Gasteiger partial charge in [-0.3, -0.25) is 33.6 Å². The molecule has 394 valence electrons. The van der Waals surface area contributed by atoms with E-state index in [4.69, 9.17) is 16.2 Å². The van der Waals surface area contributed by atoms with Gasteiger partial charge in [-0.1, -0.05) is 49.4 Å². The number of para-hydroxylation sites is 2. The second-order valence-corrected chi connectivity index (χ2v) is 19.8. The van der Waals surface area contributed by atoms with E-state index in [2.05, 4.69) is 46.9 Å². The number of amides is 7. The van der Waals surface area contributed by atoms with Gasteiger partial charge in [0.25, 0.3) is 0 Å². The van der Waals surface area contributed by atoms with Crippen LogP contribution in [0.1, 0.15) is 61.5 Å². The Bertz CT molecular complexity index is 3240. The summed E-state index contributed by atoms with van der Waals surface area (Å²) < 4.78 is 6.81. The fourth-order valence-corrected chi connectivity index (χ4v) is 10.8. The number of carboxylic acids is 1. The molecule has 16 N–H and O–H groups in total. The molecule has 4 unspecified atom stereocenters. The van der Waals surface area contributed by atoms with Crippen LogP contribution in [0.25, 0.3) is 32.7 Å². The first-order valence-electron chi connectivity index (χ1n) is 24.7. The molecule has 1 spiro atoms. The van der Waals surface area contributed by atoms with E-state index in [9.17, 15) is 44.1 Å². The van der Waals surface area contributed by atoms with Crippen LogP contribution in [0.4, 0.5) is 0 Å². The second-order valence-electron chi connectivity index (χ2n) is 19.8. The molecule has 3 aromatic heterocycles. The summed E-state index contributed by atoms with van der Waals surface area (Å²) in [4.78, 5) is 121. The molecule has 1 aliphatic carbocycles. The maximum absolute atomic E-state index is 15.0. The minimum atomic E-state index is -1.83. The number of aromatic nitrogens is 3. The third kappa shape index (κ3) is 10.1. The number of aliphatic hydroxyl groups is 2. The standard InChI is InChI=1S/C52H59N11O12/c1-23-14-25-20-57-41-30(25)7-5-9-38(41)75-43-32-21-56-34-16-27(10-11-31(32)34)52(18-28(52)12-13-53)44(63-47(69)37(22-64)60-49(71)42(43)62-46(68)35(17-39(54)66)58-45(23)67)50(72)61-40(24(2)65)48(70)59-36(51(73)74)15-26-19-55-33-8-4-3-6-29(26)33/h3-11,16,19-21,23-24,28,35-37,40,42-44,55-57,64-65H,12-15,17-18,22,53H2,1-2H3,(H2,54,66)(H,58,67)(H,59,70)(H,60,71)(H,61,72)(H,62,68)(H,63,69)(H,73,74)/t23-,24-,28?,35-,36-,37?,40?,42-,43+,44+,52?/m0/s1. The number of aliphatic hydroxyl groups excluding tert-OH is 2. The number of carbonyl (C=O) groups is 8. The molecule has 8 bridgehead atoms. The summed E-state index contributed by atoms with van der Waals surface area (Å²) in [6.45, 7) is 2.00. The summed E-state index contributed by atoms with van der Waals surface area (Å²) in [5, 5.41) is 49.6. The van der Waals surface area contributed by atoms with Gasteiger partial charge in [0.15, 0.2) is 6.10 Å². The van der Waals surface area contributed by atoms with E-state index in [-0.39, 0.29) is 37.5 Å². The molecule has 10 rings (SSSR count). The van der Waals surface area contributed by atoms with Crippen molar-refractivity contribution in [1.82, 2.24) is 46.9 Å². The molecule has 3 aliphatic heterocycles. The normalized spacial score (nSPS) is 25.2. The average molecular weight is 1030 g/mol. The molecule has 4 aliphatic rings. The molecule has 23 heteroatoms. The first-order valence-corrected chi connectivity index (χ1v) is 24.7. The van der Waals surface area contributed by atoms with Crippen LogP contribution in [0.15, 0.2) is 79.3 Å². The molecule has 1 fully saturated rings. The van der Waals surface area contributed by atoms with Crippen molar-refractivity contribution in [1.29, 1.82) is 0 Å². The monoisotopic (exact) mass is 1030 g/mol. The number of hydrogen-bond donors (Lipinski definition) is 14. The lowest BCUT2D eigenvalue weighted by Crippen LogP contribution is -2.64. The Kier molecular flexibility index (Phi) is 14.4. The van der Waals surface area contributed by atoms with Gasteiger partial charge in [-0.05, 0) is 73.5 Å². The molecule has 6 heterocycles. The van der Waals surface area contributed by atoms with Crippen molar-refractivity contribution in [3.63, 3.8) is 0 Å². The second kappa shape index (κ2) is 20.9. The van der Waals surface area contributed by atoms with Gasteiger partial charge in [-0.2, -0.15) is 0 Å². The van der Waals surface area contributed by atoms with E-state index >= 15 is 9.59 Å². The Morgan fingerprint density at radius 1 is 0.827 bits per heavy atom. The lowest BCUT2D eigenvalue weighted by atomic mass is 9.83. The molecule has 6 aromatic rings. The number of fused-ring (bicyclic) bond motifs is 7. The fourth-order valence-electron chi connectivity index (χ4n) is 10.8. The largest absolute Gasteiger partial charge is 0.481 e. The average Bonchev–Trinajstić information content (AvgIpc) is 3.66. The molecule has 0 saturated heterocycles. The maximum Gasteiger partial charge on any atom is 0.326 e. The number of hydrogen-bond acceptors (Lipinski definition) is 12. The van der Waals surface area contributed by atoms with Crippen LogP contribution in [0, 0.1) is 11.8 Å². The Morgan fingerprint density at radius 2 is 1.56 bits per heavy atom. The van der Waals surface area contributed by atoms with Crippen LogP contribution in [-0.2, 0) is 56.6 Å². The van der Waals surface area contributed by atoms with Gasteiger partial charge in [0.2, 0.25) is 41.4 Å². The highest BCUT2D eigenvalue weighted by molar-refractivity contribution is 6.00. The molecular weight excluding hydrogens is 971 g/mol. The van der Waals surface area contributed by atoms with Crippen molar-refractivity contribution >= 4 is 80.0 Å². The third-order valence-corrected chi connectivity index (χ3v) is 14.8. The Hall–Kier alpha value is -8.28. The number of carboxylic acid groups (broad SMARTS) is 1. The zero-order valence-corrected chi connectivity index (χ0v) is 40.9. The number of benzene rings is 3. The summed E-state index contributed by atoms with van der Waals surface area (Å²) in [6.07, 6.45) is 1.94. The van der Waals surface area contributed by atoms with Crippen molar-refractivity contribution < 1.29 is 58.4 Å². The minimum Gasteiger partial charge on any atom is -0.481 e. The van der Waals surface area contributed by atoms with Gasteiger partial charge >= 0.3 is 5.97 Å². The van der Waals surface area contributed by atoms with Gasteiger partial charge in [0.1, 0.15) is 42.0 Å². The maximum atomic E-state index is 15.0. The number of H-pyrrole nitrogens is 3. The Morgan fingerprint density at radius 3 is 2.29 bits per heavy atom. The zero-order valence-electron chi connectivity index (χ0n) is 40.9. The van der Waals surface area contributed by atoms with E-state index in [0.717, 1.165) is 16.5 Å². The van der Waals surface area contributed by atoms with Crippen molar-refractivity contribution in [3.05, 3.63) is 102 Å². The predicted molar refractivity (Wildman–Crippen MR) is 270 cm³/mol. The lowest BCUT2D eigenvalue weighted by Gasteiger charge is -2.34. The van der Waals surface area contributed by atoms with Crippen molar-refractivity contribution in [2.45, 2.75) is 99.8 Å². The Balaban J connectivity index is 1.12. The summed E-state index contributed by atoms with van der Waals surface area (Å²) in [6, 6.07) is 7.56.